The van der Waals surface area contributed by atoms with E-state index in [9.17, 15) is 0 Å². The molecule has 0 aliphatic heterocycles. The van der Waals surface area contributed by atoms with E-state index in [-0.39, 0.29) is 0 Å². The number of thiophene rings is 1. The molecule has 3 heterocycles. The van der Waals surface area contributed by atoms with Crippen LogP contribution in [0.3, 0.4) is 0 Å². The summed E-state index contributed by atoms with van der Waals surface area (Å²) in [5.41, 5.74) is 2.31. The fourth-order valence-corrected chi connectivity index (χ4v) is 2.30. The molecule has 0 amide bonds. The lowest BCUT2D eigenvalue weighted by atomic mass is 10.3. The third-order valence-electron chi connectivity index (χ3n) is 2.59. The predicted octanol–water partition coefficient (Wildman–Crippen LogP) is 2.94. The molecular weight excluding hydrogens is 244 g/mol. The Labute approximate surface area is 109 Å². The van der Waals surface area contributed by atoms with Gasteiger partial charge in [0.15, 0.2) is 0 Å². The van der Waals surface area contributed by atoms with Crippen molar-refractivity contribution in [3.05, 3.63) is 59.4 Å². The van der Waals surface area contributed by atoms with Crippen LogP contribution < -0.4 is 5.32 Å². The smallest absolute Gasteiger partial charge is 0.137 e. The van der Waals surface area contributed by atoms with E-state index in [1.54, 1.807) is 23.9 Å². The lowest BCUT2D eigenvalue weighted by Gasteiger charge is -2.06. The maximum Gasteiger partial charge on any atom is 0.137 e. The van der Waals surface area contributed by atoms with Gasteiger partial charge >= 0.3 is 0 Å². The van der Waals surface area contributed by atoms with E-state index in [0.717, 1.165) is 18.1 Å². The molecule has 0 aliphatic rings. The van der Waals surface area contributed by atoms with E-state index in [2.05, 4.69) is 32.1 Å². The van der Waals surface area contributed by atoms with Gasteiger partial charge in [-0.15, -0.1) is 0 Å². The zero-order chi connectivity index (χ0) is 12.2. The zero-order valence-corrected chi connectivity index (χ0v) is 10.5. The summed E-state index contributed by atoms with van der Waals surface area (Å²) in [5, 5.41) is 7.56. The molecule has 0 aromatic carbocycles. The number of nitrogens with zero attached hydrogens (tertiary/aromatic N) is 3. The topological polar surface area (TPSA) is 42.7 Å². The van der Waals surface area contributed by atoms with Crippen molar-refractivity contribution in [2.45, 2.75) is 6.54 Å². The van der Waals surface area contributed by atoms with Gasteiger partial charge in [-0.25, -0.2) is 9.97 Å². The molecule has 0 fully saturated rings. The SMILES string of the molecule is c1cn(-c2ccc(NCc3ccsc3)cn2)cn1. The second-order valence-corrected chi connectivity index (χ2v) is 4.64. The summed E-state index contributed by atoms with van der Waals surface area (Å²) in [6.07, 6.45) is 7.19. The van der Waals surface area contributed by atoms with Crippen LogP contribution in [0.15, 0.2) is 53.9 Å². The van der Waals surface area contributed by atoms with Gasteiger partial charge < -0.3 is 5.32 Å². The van der Waals surface area contributed by atoms with Crippen LogP contribution in [-0.2, 0) is 6.54 Å². The summed E-state index contributed by atoms with van der Waals surface area (Å²) in [6, 6.07) is 6.11. The molecule has 3 aromatic rings. The molecule has 3 aromatic heterocycles. The highest BCUT2D eigenvalue weighted by molar-refractivity contribution is 7.07. The summed E-state index contributed by atoms with van der Waals surface area (Å²) in [6.45, 7) is 0.829. The number of anilines is 1. The lowest BCUT2D eigenvalue weighted by molar-refractivity contribution is 0.991. The van der Waals surface area contributed by atoms with E-state index in [1.807, 2.05) is 29.1 Å². The average molecular weight is 256 g/mol. The Bertz CT molecular complexity index is 584. The zero-order valence-electron chi connectivity index (χ0n) is 9.65. The number of hydrogen-bond acceptors (Lipinski definition) is 4. The van der Waals surface area contributed by atoms with Gasteiger partial charge in [0.1, 0.15) is 12.1 Å². The molecule has 4 nitrogen and oxygen atoms in total. The molecule has 0 spiro atoms. The molecule has 0 aliphatic carbocycles. The number of rotatable bonds is 4. The van der Waals surface area contributed by atoms with Crippen molar-refractivity contribution in [1.29, 1.82) is 0 Å². The van der Waals surface area contributed by atoms with Crippen LogP contribution >= 0.6 is 11.3 Å². The molecule has 90 valence electrons. The third-order valence-corrected chi connectivity index (χ3v) is 3.33. The van der Waals surface area contributed by atoms with Gasteiger partial charge in [0.25, 0.3) is 0 Å². The highest BCUT2D eigenvalue weighted by atomic mass is 32.1. The number of aromatic nitrogens is 3. The Balaban J connectivity index is 1.68. The average Bonchev–Trinajstić information content (AvgIpc) is 3.10. The monoisotopic (exact) mass is 256 g/mol. The largest absolute Gasteiger partial charge is 0.380 e. The Kier molecular flexibility index (Phi) is 3.06. The van der Waals surface area contributed by atoms with E-state index in [4.69, 9.17) is 0 Å². The number of nitrogens with one attached hydrogen (secondary N) is 1. The summed E-state index contributed by atoms with van der Waals surface area (Å²) in [5.74, 6) is 0.869. The van der Waals surface area contributed by atoms with E-state index < -0.39 is 0 Å². The molecule has 18 heavy (non-hydrogen) atoms. The van der Waals surface area contributed by atoms with E-state index in [1.165, 1.54) is 5.56 Å². The van der Waals surface area contributed by atoms with Crippen LogP contribution in [0.25, 0.3) is 5.82 Å². The van der Waals surface area contributed by atoms with Crippen molar-refractivity contribution in [1.82, 2.24) is 14.5 Å². The minimum Gasteiger partial charge on any atom is -0.380 e. The quantitative estimate of drug-likeness (QED) is 0.780. The fraction of sp³-hybridized carbons (Fsp3) is 0.0769. The van der Waals surface area contributed by atoms with Crippen molar-refractivity contribution >= 4 is 17.0 Å². The summed E-state index contributed by atoms with van der Waals surface area (Å²) < 4.78 is 1.88. The molecule has 0 saturated heterocycles. The third kappa shape index (κ3) is 2.41. The van der Waals surface area contributed by atoms with Crippen LogP contribution in [0.4, 0.5) is 5.69 Å². The summed E-state index contributed by atoms with van der Waals surface area (Å²) in [4.78, 5) is 8.38. The molecular formula is C13H12N4S. The van der Waals surface area contributed by atoms with Crippen molar-refractivity contribution in [2.75, 3.05) is 5.32 Å². The van der Waals surface area contributed by atoms with Crippen LogP contribution in [0.1, 0.15) is 5.56 Å². The second-order valence-electron chi connectivity index (χ2n) is 3.86. The van der Waals surface area contributed by atoms with Crippen LogP contribution in [-0.4, -0.2) is 14.5 Å². The number of pyridine rings is 1. The van der Waals surface area contributed by atoms with Gasteiger partial charge in [-0.05, 0) is 34.5 Å². The van der Waals surface area contributed by atoms with Gasteiger partial charge in [-0.1, -0.05) is 0 Å². The molecule has 1 N–H and O–H groups in total. The first-order valence-electron chi connectivity index (χ1n) is 5.61. The van der Waals surface area contributed by atoms with E-state index >= 15 is 0 Å². The Hall–Kier alpha value is -2.14. The van der Waals surface area contributed by atoms with Gasteiger partial charge in [-0.3, -0.25) is 4.57 Å². The van der Waals surface area contributed by atoms with Crippen molar-refractivity contribution < 1.29 is 0 Å². The Morgan fingerprint density at radius 1 is 1.28 bits per heavy atom. The molecule has 0 unspecified atom stereocenters. The van der Waals surface area contributed by atoms with Gasteiger partial charge in [-0.2, -0.15) is 11.3 Å². The fourth-order valence-electron chi connectivity index (χ4n) is 1.64. The molecule has 0 atom stereocenters. The van der Waals surface area contributed by atoms with E-state index in [0.29, 0.717) is 0 Å². The summed E-state index contributed by atoms with van der Waals surface area (Å²) in [7, 11) is 0. The van der Waals surface area contributed by atoms with Gasteiger partial charge in [0.05, 0.1) is 11.9 Å². The van der Waals surface area contributed by atoms with Crippen molar-refractivity contribution in [3.8, 4) is 5.82 Å². The molecule has 0 bridgehead atoms. The predicted molar refractivity (Wildman–Crippen MR) is 73.0 cm³/mol. The van der Waals surface area contributed by atoms with Crippen LogP contribution in [0.2, 0.25) is 0 Å². The maximum atomic E-state index is 4.38. The highest BCUT2D eigenvalue weighted by Gasteiger charge is 1.98. The first-order valence-corrected chi connectivity index (χ1v) is 6.55. The highest BCUT2D eigenvalue weighted by Crippen LogP contribution is 2.12. The van der Waals surface area contributed by atoms with Gasteiger partial charge in [0.2, 0.25) is 0 Å². The Morgan fingerprint density at radius 3 is 2.94 bits per heavy atom. The molecule has 5 heteroatoms. The Morgan fingerprint density at radius 2 is 2.28 bits per heavy atom. The van der Waals surface area contributed by atoms with Crippen LogP contribution in [0, 0.1) is 0 Å². The molecule has 0 radical (unpaired) electrons. The van der Waals surface area contributed by atoms with Crippen LogP contribution in [0.5, 0.6) is 0 Å². The maximum absolute atomic E-state index is 4.38. The minimum absolute atomic E-state index is 0.829. The molecule has 3 rings (SSSR count). The first-order chi connectivity index (χ1) is 8.92. The minimum atomic E-state index is 0.829. The summed E-state index contributed by atoms with van der Waals surface area (Å²) >= 11 is 1.71. The van der Waals surface area contributed by atoms with Crippen molar-refractivity contribution in [2.24, 2.45) is 0 Å². The lowest BCUT2D eigenvalue weighted by Crippen LogP contribution is -2.00. The number of hydrogen-bond donors (Lipinski definition) is 1. The normalized spacial score (nSPS) is 10.4. The number of imidazole rings is 1. The van der Waals surface area contributed by atoms with Crippen molar-refractivity contribution in [3.63, 3.8) is 0 Å². The van der Waals surface area contributed by atoms with Gasteiger partial charge in [0, 0.05) is 18.9 Å². The molecule has 0 saturated carbocycles. The first kappa shape index (κ1) is 11.0. The standard InChI is InChI=1S/C13H12N4S/c1-2-13(17-5-4-14-10-17)16-8-12(1)15-7-11-3-6-18-9-11/h1-6,8-10,15H,7H2. The second kappa shape index (κ2) is 5.01.